The number of Topliss-reactive ketones (excluding diaryl/α,β-unsaturated/α-hetero) is 1. The summed E-state index contributed by atoms with van der Waals surface area (Å²) in [5, 5.41) is 21.4. The van der Waals surface area contributed by atoms with Crippen LogP contribution in [-0.4, -0.2) is 21.5 Å². The van der Waals surface area contributed by atoms with E-state index in [0.29, 0.717) is 36.2 Å². The van der Waals surface area contributed by atoms with Crippen molar-refractivity contribution in [1.29, 1.82) is 0 Å². The standard InChI is InChI=1S/C19H24N2O4/c1-4-5-9-16(22)18-15(11-19(2,3)12-17(18)23)20-13-7-6-8-14(10-13)21(24)25/h6-8,10,22H,4-5,9,11-12H2,1-3H3. The second-order valence-corrected chi connectivity index (χ2v) is 7.20. The average molecular weight is 344 g/mol. The average Bonchev–Trinajstić information content (AvgIpc) is 2.51. The molecule has 6 heteroatoms. The van der Waals surface area contributed by atoms with Crippen molar-refractivity contribution >= 4 is 22.9 Å². The van der Waals surface area contributed by atoms with Crippen LogP contribution in [0.2, 0.25) is 0 Å². The van der Waals surface area contributed by atoms with E-state index >= 15 is 0 Å². The lowest BCUT2D eigenvalue weighted by molar-refractivity contribution is -0.384. The van der Waals surface area contributed by atoms with E-state index in [4.69, 9.17) is 0 Å². The van der Waals surface area contributed by atoms with Crippen LogP contribution in [0.1, 0.15) is 52.9 Å². The Labute approximate surface area is 147 Å². The van der Waals surface area contributed by atoms with E-state index in [9.17, 15) is 20.0 Å². The molecule has 0 radical (unpaired) electrons. The van der Waals surface area contributed by atoms with Crippen LogP contribution in [0.15, 0.2) is 40.6 Å². The first-order chi connectivity index (χ1) is 11.7. The van der Waals surface area contributed by atoms with E-state index in [1.165, 1.54) is 12.1 Å². The summed E-state index contributed by atoms with van der Waals surface area (Å²) in [6.07, 6.45) is 3.02. The summed E-state index contributed by atoms with van der Waals surface area (Å²) >= 11 is 0. The normalized spacial score (nSPS) is 20.6. The first-order valence-corrected chi connectivity index (χ1v) is 8.51. The Kier molecular flexibility index (Phi) is 5.72. The molecule has 1 aromatic rings. The molecule has 0 aromatic heterocycles. The molecular formula is C19H24N2O4. The molecule has 0 unspecified atom stereocenters. The van der Waals surface area contributed by atoms with Crippen LogP contribution in [0.3, 0.4) is 0 Å². The van der Waals surface area contributed by atoms with Gasteiger partial charge in [-0.2, -0.15) is 0 Å². The molecule has 1 aromatic carbocycles. The monoisotopic (exact) mass is 344 g/mol. The molecule has 6 nitrogen and oxygen atoms in total. The Morgan fingerprint density at radius 3 is 2.72 bits per heavy atom. The fourth-order valence-corrected chi connectivity index (χ4v) is 3.01. The van der Waals surface area contributed by atoms with Crippen LogP contribution in [0.25, 0.3) is 0 Å². The van der Waals surface area contributed by atoms with Gasteiger partial charge in [0.2, 0.25) is 0 Å². The number of aliphatic imine (C=N–C) groups is 1. The quantitative estimate of drug-likeness (QED) is 0.350. The van der Waals surface area contributed by atoms with Gasteiger partial charge in [0.1, 0.15) is 5.76 Å². The number of nitro benzene ring substituents is 1. The summed E-state index contributed by atoms with van der Waals surface area (Å²) in [6.45, 7) is 5.98. The van der Waals surface area contributed by atoms with Crippen molar-refractivity contribution in [2.75, 3.05) is 0 Å². The van der Waals surface area contributed by atoms with Crippen molar-refractivity contribution in [2.24, 2.45) is 10.4 Å². The Morgan fingerprint density at radius 2 is 2.08 bits per heavy atom. The summed E-state index contributed by atoms with van der Waals surface area (Å²) in [5.41, 5.74) is 0.902. The molecule has 25 heavy (non-hydrogen) atoms. The SMILES string of the molecule is CCCCC(O)=C1C(=O)CC(C)(C)CC1=Nc1cccc([N+](=O)[O-])c1. The van der Waals surface area contributed by atoms with Crippen molar-refractivity contribution in [3.8, 4) is 0 Å². The van der Waals surface area contributed by atoms with Crippen molar-refractivity contribution in [3.63, 3.8) is 0 Å². The maximum absolute atomic E-state index is 12.6. The lowest BCUT2D eigenvalue weighted by atomic mass is 9.73. The molecule has 0 heterocycles. The Balaban J connectivity index is 2.49. The Morgan fingerprint density at radius 1 is 1.36 bits per heavy atom. The van der Waals surface area contributed by atoms with E-state index in [2.05, 4.69) is 4.99 Å². The summed E-state index contributed by atoms with van der Waals surface area (Å²) < 4.78 is 0. The maximum atomic E-state index is 12.6. The number of nitrogens with zero attached hydrogens (tertiary/aromatic N) is 2. The fraction of sp³-hybridized carbons (Fsp3) is 0.474. The predicted molar refractivity (Wildman–Crippen MR) is 97.4 cm³/mol. The number of non-ortho nitro benzene ring substituents is 1. The number of hydrogen-bond acceptors (Lipinski definition) is 5. The molecular weight excluding hydrogens is 320 g/mol. The first-order valence-electron chi connectivity index (χ1n) is 8.51. The number of ketones is 1. The van der Waals surface area contributed by atoms with E-state index in [-0.39, 0.29) is 22.6 Å². The van der Waals surface area contributed by atoms with Crippen LogP contribution < -0.4 is 0 Å². The van der Waals surface area contributed by atoms with Gasteiger partial charge in [-0.15, -0.1) is 0 Å². The van der Waals surface area contributed by atoms with Crippen molar-refractivity contribution in [3.05, 3.63) is 45.7 Å². The molecule has 1 aliphatic rings. The minimum Gasteiger partial charge on any atom is -0.511 e. The van der Waals surface area contributed by atoms with Crippen molar-refractivity contribution in [2.45, 2.75) is 52.9 Å². The van der Waals surface area contributed by atoms with Crippen LogP contribution >= 0.6 is 0 Å². The third-order valence-electron chi connectivity index (χ3n) is 4.21. The van der Waals surface area contributed by atoms with Gasteiger partial charge < -0.3 is 5.11 Å². The number of benzene rings is 1. The lowest BCUT2D eigenvalue weighted by Gasteiger charge is -2.31. The number of carbonyl (C=O) groups is 1. The third kappa shape index (κ3) is 4.75. The molecule has 0 spiro atoms. The number of nitro groups is 1. The van der Waals surface area contributed by atoms with Gasteiger partial charge in [-0.3, -0.25) is 19.9 Å². The van der Waals surface area contributed by atoms with Gasteiger partial charge in [-0.1, -0.05) is 33.3 Å². The summed E-state index contributed by atoms with van der Waals surface area (Å²) in [4.78, 5) is 27.5. The van der Waals surface area contributed by atoms with E-state index in [1.807, 2.05) is 20.8 Å². The van der Waals surface area contributed by atoms with Crippen LogP contribution in [0, 0.1) is 15.5 Å². The van der Waals surface area contributed by atoms with Gasteiger partial charge in [-0.25, -0.2) is 0 Å². The summed E-state index contributed by atoms with van der Waals surface area (Å²) in [7, 11) is 0. The minimum atomic E-state index is -0.477. The molecule has 1 aliphatic carbocycles. The van der Waals surface area contributed by atoms with Gasteiger partial charge in [0.05, 0.1) is 21.9 Å². The number of carbonyl (C=O) groups excluding carboxylic acids is 1. The highest BCUT2D eigenvalue weighted by Crippen LogP contribution is 2.37. The number of unbranched alkanes of at least 4 members (excludes halogenated alkanes) is 1. The number of rotatable bonds is 5. The minimum absolute atomic E-state index is 0.0519. The second-order valence-electron chi connectivity index (χ2n) is 7.20. The van der Waals surface area contributed by atoms with E-state index in [1.54, 1.807) is 12.1 Å². The third-order valence-corrected chi connectivity index (χ3v) is 4.21. The molecule has 1 saturated carbocycles. The van der Waals surface area contributed by atoms with Gasteiger partial charge in [0.15, 0.2) is 5.78 Å². The number of aliphatic hydroxyl groups is 1. The zero-order valence-electron chi connectivity index (χ0n) is 14.9. The van der Waals surface area contributed by atoms with Gasteiger partial charge in [0, 0.05) is 25.0 Å². The lowest BCUT2D eigenvalue weighted by Crippen LogP contribution is -2.32. The highest BCUT2D eigenvalue weighted by molar-refractivity contribution is 6.25. The molecule has 0 atom stereocenters. The molecule has 134 valence electrons. The zero-order chi connectivity index (χ0) is 18.6. The zero-order valence-corrected chi connectivity index (χ0v) is 14.9. The van der Waals surface area contributed by atoms with Gasteiger partial charge >= 0.3 is 0 Å². The molecule has 1 fully saturated rings. The summed E-state index contributed by atoms with van der Waals surface area (Å²) in [5.74, 6) is -0.0411. The van der Waals surface area contributed by atoms with Crippen molar-refractivity contribution < 1.29 is 14.8 Å². The van der Waals surface area contributed by atoms with E-state index < -0.39 is 4.92 Å². The number of aliphatic hydroxyl groups excluding tert-OH is 1. The molecule has 1 N–H and O–H groups in total. The molecule has 0 bridgehead atoms. The van der Waals surface area contributed by atoms with Crippen molar-refractivity contribution in [1.82, 2.24) is 0 Å². The van der Waals surface area contributed by atoms with Crippen LogP contribution in [0.5, 0.6) is 0 Å². The highest BCUT2D eigenvalue weighted by atomic mass is 16.6. The number of allylic oxidation sites excluding steroid dienone is 2. The molecule has 0 amide bonds. The van der Waals surface area contributed by atoms with Crippen LogP contribution in [-0.2, 0) is 4.79 Å². The predicted octanol–water partition coefficient (Wildman–Crippen LogP) is 5.06. The maximum Gasteiger partial charge on any atom is 0.271 e. The number of hydrogen-bond donors (Lipinski definition) is 1. The smallest absolute Gasteiger partial charge is 0.271 e. The largest absolute Gasteiger partial charge is 0.511 e. The van der Waals surface area contributed by atoms with Gasteiger partial charge in [0.25, 0.3) is 5.69 Å². The fourth-order valence-electron chi connectivity index (χ4n) is 3.01. The van der Waals surface area contributed by atoms with E-state index in [0.717, 1.165) is 12.8 Å². The summed E-state index contributed by atoms with van der Waals surface area (Å²) in [6, 6.07) is 6.00. The second kappa shape index (κ2) is 7.59. The molecule has 2 rings (SSSR count). The first kappa shape index (κ1) is 18.8. The van der Waals surface area contributed by atoms with Crippen LogP contribution in [0.4, 0.5) is 11.4 Å². The van der Waals surface area contributed by atoms with Gasteiger partial charge in [-0.05, 0) is 24.3 Å². The Hall–Kier alpha value is -2.50. The molecule has 0 saturated heterocycles. The molecule has 0 aliphatic heterocycles. The Bertz CT molecular complexity index is 748. The topological polar surface area (TPSA) is 92.8 Å². The highest BCUT2D eigenvalue weighted by Gasteiger charge is 2.36.